The summed E-state index contributed by atoms with van der Waals surface area (Å²) in [6.07, 6.45) is 0.691. The monoisotopic (exact) mass is 217 g/mol. The van der Waals surface area contributed by atoms with E-state index in [1.807, 2.05) is 7.05 Å². The third kappa shape index (κ3) is 2.67. The second-order valence-corrected chi connectivity index (χ2v) is 3.80. The number of aromatic nitrogens is 2. The third-order valence-electron chi connectivity index (χ3n) is 2.32. The Morgan fingerprint density at radius 2 is 2.00 bits per heavy atom. The predicted octanol–water partition coefficient (Wildman–Crippen LogP) is 1.69. The molecule has 1 heterocycles. The van der Waals surface area contributed by atoms with E-state index in [0.29, 0.717) is 24.7 Å². The zero-order valence-corrected chi connectivity index (χ0v) is 9.53. The molecule has 0 aliphatic heterocycles. The topological polar surface area (TPSA) is 51.0 Å². The fraction of sp³-hybridized carbons (Fsp3) is 0.333. The van der Waals surface area contributed by atoms with E-state index in [2.05, 4.69) is 46.6 Å². The molecule has 4 heteroatoms. The van der Waals surface area contributed by atoms with Gasteiger partial charge in [-0.2, -0.15) is 4.98 Å². The van der Waals surface area contributed by atoms with Crippen LogP contribution in [0, 0.1) is 6.92 Å². The van der Waals surface area contributed by atoms with Crippen molar-refractivity contribution in [2.75, 3.05) is 7.05 Å². The van der Waals surface area contributed by atoms with E-state index < -0.39 is 0 Å². The summed E-state index contributed by atoms with van der Waals surface area (Å²) in [6.45, 7) is 2.71. The van der Waals surface area contributed by atoms with Crippen molar-refractivity contribution in [2.24, 2.45) is 0 Å². The van der Waals surface area contributed by atoms with Gasteiger partial charge in [-0.05, 0) is 19.5 Å². The molecule has 0 spiro atoms. The number of aryl methyl sites for hydroxylation is 1. The Morgan fingerprint density at radius 3 is 2.69 bits per heavy atom. The van der Waals surface area contributed by atoms with Crippen LogP contribution in [0.2, 0.25) is 0 Å². The maximum atomic E-state index is 5.15. The van der Waals surface area contributed by atoms with Crippen LogP contribution in [0.15, 0.2) is 28.8 Å². The molecule has 2 rings (SSSR count). The Kier molecular flexibility index (Phi) is 3.31. The largest absolute Gasteiger partial charge is 0.339 e. The van der Waals surface area contributed by atoms with E-state index in [1.165, 1.54) is 11.1 Å². The highest BCUT2D eigenvalue weighted by atomic mass is 16.5. The maximum absolute atomic E-state index is 5.15. The smallest absolute Gasteiger partial charge is 0.231 e. The van der Waals surface area contributed by atoms with Crippen LogP contribution in [0.25, 0.3) is 0 Å². The number of hydrogen-bond donors (Lipinski definition) is 1. The Bertz CT molecular complexity index is 448. The summed E-state index contributed by atoms with van der Waals surface area (Å²) >= 11 is 0. The average molecular weight is 217 g/mol. The summed E-state index contributed by atoms with van der Waals surface area (Å²) < 4.78 is 5.15. The molecule has 0 fully saturated rings. The second-order valence-electron chi connectivity index (χ2n) is 3.80. The van der Waals surface area contributed by atoms with Gasteiger partial charge in [0.1, 0.15) is 0 Å². The van der Waals surface area contributed by atoms with Crippen molar-refractivity contribution < 1.29 is 4.52 Å². The molecular weight excluding hydrogens is 202 g/mol. The fourth-order valence-corrected chi connectivity index (χ4v) is 1.47. The molecule has 1 aromatic carbocycles. The Hall–Kier alpha value is -1.68. The Morgan fingerprint density at radius 1 is 1.25 bits per heavy atom. The number of hydrogen-bond acceptors (Lipinski definition) is 4. The summed E-state index contributed by atoms with van der Waals surface area (Å²) in [4.78, 5) is 4.28. The molecule has 0 aliphatic carbocycles. The summed E-state index contributed by atoms with van der Waals surface area (Å²) in [5.74, 6) is 1.36. The van der Waals surface area contributed by atoms with Crippen LogP contribution in [-0.2, 0) is 13.0 Å². The van der Waals surface area contributed by atoms with Crippen molar-refractivity contribution in [1.82, 2.24) is 15.5 Å². The zero-order valence-electron chi connectivity index (χ0n) is 9.53. The van der Waals surface area contributed by atoms with Crippen molar-refractivity contribution in [3.63, 3.8) is 0 Å². The maximum Gasteiger partial charge on any atom is 0.231 e. The van der Waals surface area contributed by atoms with E-state index >= 15 is 0 Å². The summed E-state index contributed by atoms with van der Waals surface area (Å²) in [5.41, 5.74) is 2.44. The highest BCUT2D eigenvalue weighted by Crippen LogP contribution is 2.09. The van der Waals surface area contributed by atoms with Gasteiger partial charge in [0.05, 0.1) is 13.0 Å². The number of rotatable bonds is 4. The van der Waals surface area contributed by atoms with Gasteiger partial charge >= 0.3 is 0 Å². The summed E-state index contributed by atoms with van der Waals surface area (Å²) in [5, 5.41) is 6.85. The highest BCUT2D eigenvalue weighted by molar-refractivity contribution is 5.23. The van der Waals surface area contributed by atoms with Gasteiger partial charge in [0, 0.05) is 0 Å². The van der Waals surface area contributed by atoms with Gasteiger partial charge in [0.25, 0.3) is 0 Å². The van der Waals surface area contributed by atoms with Crippen LogP contribution in [0.1, 0.15) is 22.8 Å². The van der Waals surface area contributed by atoms with E-state index in [-0.39, 0.29) is 0 Å². The molecule has 0 saturated carbocycles. The molecule has 0 atom stereocenters. The normalized spacial score (nSPS) is 10.6. The first-order valence-electron chi connectivity index (χ1n) is 5.29. The SMILES string of the molecule is CNCc1noc(Cc2ccc(C)cc2)n1. The van der Waals surface area contributed by atoms with E-state index in [1.54, 1.807) is 0 Å². The first-order valence-corrected chi connectivity index (χ1v) is 5.29. The molecular formula is C12H15N3O. The van der Waals surface area contributed by atoms with Gasteiger partial charge in [-0.1, -0.05) is 35.0 Å². The van der Waals surface area contributed by atoms with Gasteiger partial charge in [-0.25, -0.2) is 0 Å². The minimum absolute atomic E-state index is 0.636. The molecule has 1 aromatic heterocycles. The lowest BCUT2D eigenvalue weighted by Crippen LogP contribution is -2.06. The predicted molar refractivity (Wildman–Crippen MR) is 61.0 cm³/mol. The Labute approximate surface area is 94.7 Å². The lowest BCUT2D eigenvalue weighted by Gasteiger charge is -1.96. The first-order chi connectivity index (χ1) is 7.78. The highest BCUT2D eigenvalue weighted by Gasteiger charge is 2.05. The number of nitrogens with zero attached hydrogens (tertiary/aromatic N) is 2. The van der Waals surface area contributed by atoms with E-state index in [4.69, 9.17) is 4.52 Å². The molecule has 0 aliphatic rings. The van der Waals surface area contributed by atoms with Gasteiger partial charge in [0.15, 0.2) is 5.82 Å². The minimum Gasteiger partial charge on any atom is -0.339 e. The molecule has 0 radical (unpaired) electrons. The molecule has 16 heavy (non-hydrogen) atoms. The van der Waals surface area contributed by atoms with Crippen LogP contribution in [0.3, 0.4) is 0 Å². The quantitative estimate of drug-likeness (QED) is 0.846. The lowest BCUT2D eigenvalue weighted by molar-refractivity contribution is 0.378. The van der Waals surface area contributed by atoms with Crippen molar-refractivity contribution in [2.45, 2.75) is 19.9 Å². The lowest BCUT2D eigenvalue weighted by atomic mass is 10.1. The zero-order chi connectivity index (χ0) is 11.4. The standard InChI is InChI=1S/C12H15N3O/c1-9-3-5-10(6-4-9)7-12-14-11(8-13-2)15-16-12/h3-6,13H,7-8H2,1-2H3. The molecule has 4 nitrogen and oxygen atoms in total. The van der Waals surface area contributed by atoms with E-state index in [9.17, 15) is 0 Å². The average Bonchev–Trinajstić information content (AvgIpc) is 2.70. The van der Waals surface area contributed by atoms with Crippen LogP contribution < -0.4 is 5.32 Å². The molecule has 84 valence electrons. The number of nitrogens with one attached hydrogen (secondary N) is 1. The van der Waals surface area contributed by atoms with Crippen LogP contribution in [-0.4, -0.2) is 17.2 Å². The van der Waals surface area contributed by atoms with Gasteiger partial charge in [-0.15, -0.1) is 0 Å². The molecule has 2 aromatic rings. The molecule has 1 N–H and O–H groups in total. The van der Waals surface area contributed by atoms with Gasteiger partial charge < -0.3 is 9.84 Å². The Balaban J connectivity index is 2.05. The first kappa shape index (κ1) is 10.8. The molecule has 0 amide bonds. The molecule has 0 bridgehead atoms. The van der Waals surface area contributed by atoms with Crippen molar-refractivity contribution in [3.8, 4) is 0 Å². The van der Waals surface area contributed by atoms with Crippen LogP contribution in [0.4, 0.5) is 0 Å². The molecule has 0 saturated heterocycles. The van der Waals surface area contributed by atoms with Crippen LogP contribution in [0.5, 0.6) is 0 Å². The minimum atomic E-state index is 0.636. The van der Waals surface area contributed by atoms with Gasteiger partial charge in [0.2, 0.25) is 5.89 Å². The van der Waals surface area contributed by atoms with E-state index in [0.717, 1.165) is 0 Å². The fourth-order valence-electron chi connectivity index (χ4n) is 1.47. The summed E-state index contributed by atoms with van der Waals surface area (Å²) in [6, 6.07) is 8.33. The summed E-state index contributed by atoms with van der Waals surface area (Å²) in [7, 11) is 1.86. The van der Waals surface area contributed by atoms with Gasteiger partial charge in [-0.3, -0.25) is 0 Å². The van der Waals surface area contributed by atoms with Crippen molar-refractivity contribution >= 4 is 0 Å². The van der Waals surface area contributed by atoms with Crippen molar-refractivity contribution in [3.05, 3.63) is 47.1 Å². The molecule has 0 unspecified atom stereocenters. The number of benzene rings is 1. The van der Waals surface area contributed by atoms with Crippen molar-refractivity contribution in [1.29, 1.82) is 0 Å². The second kappa shape index (κ2) is 4.90. The van der Waals surface area contributed by atoms with Crippen LogP contribution >= 0.6 is 0 Å². The third-order valence-corrected chi connectivity index (χ3v) is 2.32.